The minimum atomic E-state index is -0.289. The second-order valence-electron chi connectivity index (χ2n) is 10.2. The predicted molar refractivity (Wildman–Crippen MR) is 136 cm³/mol. The first-order chi connectivity index (χ1) is 16.2. The van der Waals surface area contributed by atoms with E-state index in [2.05, 4.69) is 63.9 Å². The van der Waals surface area contributed by atoms with E-state index in [0.717, 1.165) is 50.0 Å². The second kappa shape index (κ2) is 14.5. The molecule has 1 fully saturated rings. The number of nitrogens with one attached hydrogen (secondary N) is 1. The molecule has 0 bridgehead atoms. The van der Waals surface area contributed by atoms with E-state index in [1.54, 1.807) is 7.11 Å². The van der Waals surface area contributed by atoms with E-state index in [1.165, 1.54) is 5.56 Å². The Kier molecular flexibility index (Phi) is 12.1. The smallest absolute Gasteiger partial charge is 0.325 e. The van der Waals surface area contributed by atoms with Crippen molar-refractivity contribution in [3.63, 3.8) is 0 Å². The van der Waals surface area contributed by atoms with Crippen LogP contribution in [0.3, 0.4) is 0 Å². The van der Waals surface area contributed by atoms with Gasteiger partial charge in [0.05, 0.1) is 25.4 Å². The lowest BCUT2D eigenvalue weighted by Gasteiger charge is -2.28. The lowest BCUT2D eigenvalue weighted by Crippen LogP contribution is -2.35. The molecule has 1 N–H and O–H groups in total. The molecule has 0 unspecified atom stereocenters. The summed E-state index contributed by atoms with van der Waals surface area (Å²) in [5.74, 6) is -0.289. The van der Waals surface area contributed by atoms with Crippen LogP contribution in [-0.2, 0) is 35.8 Å². The Morgan fingerprint density at radius 2 is 1.97 bits per heavy atom. The zero-order chi connectivity index (χ0) is 25.0. The normalized spacial score (nSPS) is 18.2. The molecule has 0 spiro atoms. The summed E-state index contributed by atoms with van der Waals surface area (Å²) in [6, 6.07) is 8.64. The molecule has 1 aliphatic rings. The number of unbranched alkanes of at least 4 members (excludes halogenated alkanes) is 1. The SMILES string of the molecule is C=C(C[C@H](OC)[C@@H](CCCC)OCc1ccc(C(C)(C)C)cc1)NCC(=O)O[C@@H]1CCCOC1. The number of esters is 1. The third-order valence-corrected chi connectivity index (χ3v) is 6.19. The molecule has 1 aromatic rings. The van der Waals surface area contributed by atoms with Crippen LogP contribution in [0.4, 0.5) is 0 Å². The van der Waals surface area contributed by atoms with Gasteiger partial charge in [-0.05, 0) is 35.8 Å². The van der Waals surface area contributed by atoms with Crippen molar-refractivity contribution in [2.75, 3.05) is 26.9 Å². The molecule has 2 rings (SSSR count). The largest absolute Gasteiger partial charge is 0.459 e. The summed E-state index contributed by atoms with van der Waals surface area (Å²) in [5.41, 5.74) is 3.33. The summed E-state index contributed by atoms with van der Waals surface area (Å²) in [6.45, 7) is 14.8. The first-order valence-corrected chi connectivity index (χ1v) is 12.7. The Morgan fingerprint density at radius 1 is 1.24 bits per heavy atom. The summed E-state index contributed by atoms with van der Waals surface area (Å²) in [5, 5.41) is 3.10. The number of methoxy groups -OCH3 is 1. The Hall–Kier alpha value is -1.89. The molecule has 0 saturated carbocycles. The number of ether oxygens (including phenoxy) is 4. The summed E-state index contributed by atoms with van der Waals surface area (Å²) in [4.78, 5) is 12.2. The molecule has 1 saturated heterocycles. The lowest BCUT2D eigenvalue weighted by molar-refractivity contribution is -0.154. The van der Waals surface area contributed by atoms with Gasteiger partial charge in [-0.15, -0.1) is 0 Å². The highest BCUT2D eigenvalue weighted by molar-refractivity contribution is 5.72. The van der Waals surface area contributed by atoms with Crippen molar-refractivity contribution in [3.8, 4) is 0 Å². The van der Waals surface area contributed by atoms with E-state index in [1.807, 2.05) is 0 Å². The van der Waals surface area contributed by atoms with Gasteiger partial charge in [-0.2, -0.15) is 0 Å². The van der Waals surface area contributed by atoms with Crippen LogP contribution in [0.1, 0.15) is 77.3 Å². The van der Waals surface area contributed by atoms with Crippen LogP contribution in [-0.4, -0.2) is 51.1 Å². The van der Waals surface area contributed by atoms with E-state index in [-0.39, 0.29) is 36.2 Å². The van der Waals surface area contributed by atoms with Gasteiger partial charge in [-0.3, -0.25) is 4.79 Å². The van der Waals surface area contributed by atoms with Gasteiger partial charge in [0.1, 0.15) is 12.6 Å². The molecule has 6 heteroatoms. The monoisotopic (exact) mass is 475 g/mol. The van der Waals surface area contributed by atoms with Crippen LogP contribution in [0.25, 0.3) is 0 Å². The molecule has 1 heterocycles. The predicted octanol–water partition coefficient (Wildman–Crippen LogP) is 5.29. The third-order valence-electron chi connectivity index (χ3n) is 6.19. The van der Waals surface area contributed by atoms with E-state index in [4.69, 9.17) is 18.9 Å². The first kappa shape index (κ1) is 28.3. The first-order valence-electron chi connectivity index (χ1n) is 12.7. The zero-order valence-electron chi connectivity index (χ0n) is 21.9. The van der Waals surface area contributed by atoms with Crippen molar-refractivity contribution >= 4 is 5.97 Å². The highest BCUT2D eigenvalue weighted by Gasteiger charge is 2.24. The van der Waals surface area contributed by atoms with Crippen LogP contribution in [0.2, 0.25) is 0 Å². The van der Waals surface area contributed by atoms with Crippen LogP contribution < -0.4 is 5.32 Å². The van der Waals surface area contributed by atoms with E-state index >= 15 is 0 Å². The molecule has 6 nitrogen and oxygen atoms in total. The van der Waals surface area contributed by atoms with Crippen molar-refractivity contribution in [2.24, 2.45) is 0 Å². The van der Waals surface area contributed by atoms with Crippen molar-refractivity contribution < 1.29 is 23.7 Å². The molecule has 0 radical (unpaired) electrons. The zero-order valence-corrected chi connectivity index (χ0v) is 21.9. The number of rotatable bonds is 14. The Balaban J connectivity index is 1.85. The topological polar surface area (TPSA) is 66.0 Å². The van der Waals surface area contributed by atoms with Gasteiger partial charge in [0.2, 0.25) is 0 Å². The van der Waals surface area contributed by atoms with Crippen molar-refractivity contribution in [2.45, 2.75) is 96.6 Å². The molecular weight excluding hydrogens is 430 g/mol. The number of hydrogen-bond acceptors (Lipinski definition) is 6. The van der Waals surface area contributed by atoms with Gasteiger partial charge in [-0.25, -0.2) is 0 Å². The van der Waals surface area contributed by atoms with E-state index in [0.29, 0.717) is 19.6 Å². The maximum absolute atomic E-state index is 12.2. The Morgan fingerprint density at radius 3 is 2.56 bits per heavy atom. The summed E-state index contributed by atoms with van der Waals surface area (Å²) in [6.07, 6.45) is 5.05. The molecule has 0 aromatic heterocycles. The van der Waals surface area contributed by atoms with Gasteiger partial charge in [-0.1, -0.05) is 71.4 Å². The highest BCUT2D eigenvalue weighted by Crippen LogP contribution is 2.23. The number of hydrogen-bond donors (Lipinski definition) is 1. The number of benzene rings is 1. The minimum Gasteiger partial charge on any atom is -0.459 e. The fourth-order valence-electron chi connectivity index (χ4n) is 4.00. The fraction of sp³-hybridized carbons (Fsp3) is 0.679. The minimum absolute atomic E-state index is 0.0582. The summed E-state index contributed by atoms with van der Waals surface area (Å²) in [7, 11) is 1.70. The Bertz CT molecular complexity index is 734. The number of carbonyl (C=O) groups excluding carboxylic acids is 1. The average Bonchev–Trinajstić information content (AvgIpc) is 2.82. The molecule has 34 heavy (non-hydrogen) atoms. The van der Waals surface area contributed by atoms with Crippen molar-refractivity contribution in [3.05, 3.63) is 47.7 Å². The van der Waals surface area contributed by atoms with Gasteiger partial charge >= 0.3 is 5.97 Å². The Labute approximate surface area is 206 Å². The molecule has 1 aromatic carbocycles. The third kappa shape index (κ3) is 10.2. The van der Waals surface area contributed by atoms with Crippen molar-refractivity contribution in [1.82, 2.24) is 5.32 Å². The van der Waals surface area contributed by atoms with Crippen LogP contribution in [0.5, 0.6) is 0 Å². The van der Waals surface area contributed by atoms with Gasteiger partial charge in [0, 0.05) is 25.8 Å². The average molecular weight is 476 g/mol. The summed E-state index contributed by atoms with van der Waals surface area (Å²) < 4.78 is 23.0. The maximum atomic E-state index is 12.2. The number of carbonyl (C=O) groups is 1. The summed E-state index contributed by atoms with van der Waals surface area (Å²) >= 11 is 0. The molecule has 1 aliphatic heterocycles. The highest BCUT2D eigenvalue weighted by atomic mass is 16.6. The second-order valence-corrected chi connectivity index (χ2v) is 10.2. The van der Waals surface area contributed by atoms with Crippen LogP contribution >= 0.6 is 0 Å². The quantitative estimate of drug-likeness (QED) is 0.369. The molecule has 192 valence electrons. The molecule has 3 atom stereocenters. The van der Waals surface area contributed by atoms with Crippen molar-refractivity contribution in [1.29, 1.82) is 0 Å². The molecule has 0 aliphatic carbocycles. The maximum Gasteiger partial charge on any atom is 0.325 e. The van der Waals surface area contributed by atoms with Gasteiger partial charge < -0.3 is 24.3 Å². The van der Waals surface area contributed by atoms with Crippen LogP contribution in [0, 0.1) is 0 Å². The van der Waals surface area contributed by atoms with Crippen LogP contribution in [0.15, 0.2) is 36.5 Å². The standard InChI is InChI=1S/C28H45NO5/c1-7-8-11-25(33-19-22-12-14-23(15-13-22)28(3,4)5)26(31-6)17-21(2)29-18-27(30)34-24-10-9-16-32-20-24/h12-15,24-26,29H,2,7-11,16-20H2,1,3-6H3/t24-,25-,26+/m1/s1. The lowest BCUT2D eigenvalue weighted by atomic mass is 9.87. The van der Waals surface area contributed by atoms with Gasteiger partial charge in [0.15, 0.2) is 0 Å². The fourth-order valence-corrected chi connectivity index (χ4v) is 4.00. The molecule has 0 amide bonds. The molecular formula is C28H45NO5. The van der Waals surface area contributed by atoms with E-state index < -0.39 is 0 Å². The van der Waals surface area contributed by atoms with Gasteiger partial charge in [0.25, 0.3) is 0 Å². The van der Waals surface area contributed by atoms with E-state index in [9.17, 15) is 4.79 Å².